The standard InChI is InChI=1S/C17H26N2O2/c1-3-9-18-10-8-17(21)15-6-7-16-14(12-15)5-4-11-19(16)13(2)20/h6-7,12,17-18,21H,3-5,8-11H2,1-2H3. The summed E-state index contributed by atoms with van der Waals surface area (Å²) in [6.07, 6.45) is 3.36. The van der Waals surface area contributed by atoms with Gasteiger partial charge < -0.3 is 15.3 Å². The molecule has 1 amide bonds. The summed E-state index contributed by atoms with van der Waals surface area (Å²) in [4.78, 5) is 13.5. The number of anilines is 1. The van der Waals surface area contributed by atoms with E-state index in [1.54, 1.807) is 6.92 Å². The van der Waals surface area contributed by atoms with E-state index in [2.05, 4.69) is 18.3 Å². The number of aryl methyl sites for hydroxylation is 1. The quantitative estimate of drug-likeness (QED) is 0.791. The summed E-state index contributed by atoms with van der Waals surface area (Å²) >= 11 is 0. The van der Waals surface area contributed by atoms with Gasteiger partial charge in [0.15, 0.2) is 0 Å². The molecule has 1 atom stereocenters. The molecule has 0 saturated carbocycles. The number of carbonyl (C=O) groups is 1. The summed E-state index contributed by atoms with van der Waals surface area (Å²) in [5.41, 5.74) is 3.14. The third-order valence-corrected chi connectivity index (χ3v) is 4.01. The minimum Gasteiger partial charge on any atom is -0.388 e. The number of fused-ring (bicyclic) bond motifs is 1. The lowest BCUT2D eigenvalue weighted by atomic mass is 9.96. The molecule has 1 aromatic carbocycles. The van der Waals surface area contributed by atoms with Crippen LogP contribution in [0.3, 0.4) is 0 Å². The third-order valence-electron chi connectivity index (χ3n) is 4.01. The molecule has 4 heteroatoms. The summed E-state index contributed by atoms with van der Waals surface area (Å²) in [7, 11) is 0. The number of carbonyl (C=O) groups excluding carboxylic acids is 1. The summed E-state index contributed by atoms with van der Waals surface area (Å²) in [6, 6.07) is 5.99. The second-order valence-electron chi connectivity index (χ2n) is 5.72. The van der Waals surface area contributed by atoms with E-state index in [-0.39, 0.29) is 5.91 Å². The van der Waals surface area contributed by atoms with Gasteiger partial charge in [0.2, 0.25) is 5.91 Å². The first-order valence-electron chi connectivity index (χ1n) is 7.93. The molecule has 1 aliphatic rings. The highest BCUT2D eigenvalue weighted by Crippen LogP contribution is 2.30. The Morgan fingerprint density at radius 3 is 2.95 bits per heavy atom. The van der Waals surface area contributed by atoms with Crippen LogP contribution in [-0.2, 0) is 11.2 Å². The van der Waals surface area contributed by atoms with E-state index in [1.165, 1.54) is 5.56 Å². The number of hydrogen-bond donors (Lipinski definition) is 2. The van der Waals surface area contributed by atoms with Crippen LogP contribution >= 0.6 is 0 Å². The molecule has 0 bridgehead atoms. The molecule has 0 radical (unpaired) electrons. The van der Waals surface area contributed by atoms with Crippen LogP contribution < -0.4 is 10.2 Å². The highest BCUT2D eigenvalue weighted by Gasteiger charge is 2.21. The Bertz CT molecular complexity index is 488. The zero-order chi connectivity index (χ0) is 15.2. The van der Waals surface area contributed by atoms with Crippen LogP contribution in [0.1, 0.15) is 50.3 Å². The van der Waals surface area contributed by atoms with E-state index < -0.39 is 6.10 Å². The summed E-state index contributed by atoms with van der Waals surface area (Å²) < 4.78 is 0. The van der Waals surface area contributed by atoms with E-state index >= 15 is 0 Å². The van der Waals surface area contributed by atoms with E-state index in [0.29, 0.717) is 0 Å². The number of hydrogen-bond acceptors (Lipinski definition) is 3. The molecule has 2 N–H and O–H groups in total. The van der Waals surface area contributed by atoms with Crippen LogP contribution in [0, 0.1) is 0 Å². The van der Waals surface area contributed by atoms with Gasteiger partial charge in [-0.05, 0) is 56.0 Å². The molecule has 1 aromatic rings. The normalized spacial score (nSPS) is 15.7. The molecule has 4 nitrogen and oxygen atoms in total. The second kappa shape index (κ2) is 7.57. The van der Waals surface area contributed by atoms with Crippen molar-refractivity contribution < 1.29 is 9.90 Å². The predicted octanol–water partition coefficient (Wildman–Crippen LogP) is 2.41. The van der Waals surface area contributed by atoms with Crippen LogP contribution in [0.25, 0.3) is 0 Å². The monoisotopic (exact) mass is 290 g/mol. The van der Waals surface area contributed by atoms with Gasteiger partial charge in [-0.2, -0.15) is 0 Å². The van der Waals surface area contributed by atoms with Gasteiger partial charge in [-0.25, -0.2) is 0 Å². The highest BCUT2D eigenvalue weighted by molar-refractivity contribution is 5.92. The molecule has 116 valence electrons. The molecule has 0 aliphatic carbocycles. The average molecular weight is 290 g/mol. The smallest absolute Gasteiger partial charge is 0.223 e. The van der Waals surface area contributed by atoms with Crippen molar-refractivity contribution in [1.29, 1.82) is 0 Å². The number of nitrogens with zero attached hydrogens (tertiary/aromatic N) is 1. The number of rotatable bonds is 6. The van der Waals surface area contributed by atoms with Crippen molar-refractivity contribution in [3.63, 3.8) is 0 Å². The van der Waals surface area contributed by atoms with Crippen molar-refractivity contribution in [2.24, 2.45) is 0 Å². The van der Waals surface area contributed by atoms with Gasteiger partial charge in [0.05, 0.1) is 6.10 Å². The number of aliphatic hydroxyl groups is 1. The highest BCUT2D eigenvalue weighted by atomic mass is 16.3. The maximum atomic E-state index is 11.7. The Kier molecular flexibility index (Phi) is 5.76. The van der Waals surface area contributed by atoms with E-state index in [1.807, 2.05) is 17.0 Å². The molecule has 1 unspecified atom stereocenters. The molecule has 0 saturated heterocycles. The van der Waals surface area contributed by atoms with Crippen LogP contribution in [0.15, 0.2) is 18.2 Å². The van der Waals surface area contributed by atoms with Gasteiger partial charge in [-0.1, -0.05) is 19.1 Å². The molecular weight excluding hydrogens is 264 g/mol. The summed E-state index contributed by atoms with van der Waals surface area (Å²) in [5.74, 6) is 0.0908. The second-order valence-corrected chi connectivity index (χ2v) is 5.72. The van der Waals surface area contributed by atoms with Crippen molar-refractivity contribution in [1.82, 2.24) is 5.32 Å². The Morgan fingerprint density at radius 2 is 2.24 bits per heavy atom. The first-order valence-corrected chi connectivity index (χ1v) is 7.93. The van der Waals surface area contributed by atoms with Crippen molar-refractivity contribution in [3.05, 3.63) is 29.3 Å². The average Bonchev–Trinajstić information content (AvgIpc) is 2.50. The first kappa shape index (κ1) is 16.0. The summed E-state index contributed by atoms with van der Waals surface area (Å²) in [5, 5.41) is 13.6. The number of amides is 1. The third kappa shape index (κ3) is 4.05. The Labute approximate surface area is 127 Å². The van der Waals surface area contributed by atoms with Gasteiger partial charge in [-0.15, -0.1) is 0 Å². The van der Waals surface area contributed by atoms with Crippen molar-refractivity contribution in [3.8, 4) is 0 Å². The lowest BCUT2D eigenvalue weighted by molar-refractivity contribution is -0.116. The molecule has 0 aromatic heterocycles. The zero-order valence-corrected chi connectivity index (χ0v) is 13.1. The Morgan fingerprint density at radius 1 is 1.43 bits per heavy atom. The van der Waals surface area contributed by atoms with Gasteiger partial charge in [0, 0.05) is 19.2 Å². The lowest BCUT2D eigenvalue weighted by Gasteiger charge is -2.29. The van der Waals surface area contributed by atoms with Crippen molar-refractivity contribution in [2.75, 3.05) is 24.5 Å². The topological polar surface area (TPSA) is 52.6 Å². The minimum absolute atomic E-state index is 0.0908. The number of aliphatic hydroxyl groups excluding tert-OH is 1. The van der Waals surface area contributed by atoms with Crippen LogP contribution in [-0.4, -0.2) is 30.6 Å². The lowest BCUT2D eigenvalue weighted by Crippen LogP contribution is -2.33. The fourth-order valence-electron chi connectivity index (χ4n) is 2.86. The molecule has 1 aliphatic heterocycles. The number of nitrogens with one attached hydrogen (secondary N) is 1. The fraction of sp³-hybridized carbons (Fsp3) is 0.588. The minimum atomic E-state index is -0.438. The molecule has 2 rings (SSSR count). The van der Waals surface area contributed by atoms with Crippen LogP contribution in [0.4, 0.5) is 5.69 Å². The molecular formula is C17H26N2O2. The molecule has 0 spiro atoms. The van der Waals surface area contributed by atoms with Crippen LogP contribution in [0.2, 0.25) is 0 Å². The van der Waals surface area contributed by atoms with Crippen molar-refractivity contribution >= 4 is 11.6 Å². The van der Waals surface area contributed by atoms with Gasteiger partial charge >= 0.3 is 0 Å². The molecule has 0 fully saturated rings. The summed E-state index contributed by atoms with van der Waals surface area (Å²) in [6.45, 7) is 6.35. The predicted molar refractivity (Wildman–Crippen MR) is 85.5 cm³/mol. The van der Waals surface area contributed by atoms with E-state index in [9.17, 15) is 9.90 Å². The Hall–Kier alpha value is -1.39. The van der Waals surface area contributed by atoms with Gasteiger partial charge in [0.1, 0.15) is 0 Å². The molecule has 21 heavy (non-hydrogen) atoms. The van der Waals surface area contributed by atoms with E-state index in [4.69, 9.17) is 0 Å². The maximum absolute atomic E-state index is 11.7. The van der Waals surface area contributed by atoms with E-state index in [0.717, 1.165) is 56.6 Å². The Balaban J connectivity index is 2.04. The van der Waals surface area contributed by atoms with Gasteiger partial charge in [0.25, 0.3) is 0 Å². The number of benzene rings is 1. The van der Waals surface area contributed by atoms with Gasteiger partial charge in [-0.3, -0.25) is 4.79 Å². The largest absolute Gasteiger partial charge is 0.388 e. The maximum Gasteiger partial charge on any atom is 0.223 e. The fourth-order valence-corrected chi connectivity index (χ4v) is 2.86. The first-order chi connectivity index (χ1) is 10.1. The SMILES string of the molecule is CCCNCCC(O)c1ccc2c(c1)CCCN2C(C)=O. The molecule has 1 heterocycles. The van der Waals surface area contributed by atoms with Crippen molar-refractivity contribution in [2.45, 2.75) is 45.6 Å². The zero-order valence-electron chi connectivity index (χ0n) is 13.1. The van der Waals surface area contributed by atoms with Crippen LogP contribution in [0.5, 0.6) is 0 Å².